The highest BCUT2D eigenvalue weighted by atomic mass is 15.5. The van der Waals surface area contributed by atoms with Gasteiger partial charge in [0.1, 0.15) is 0 Å². The first-order valence-electron chi connectivity index (χ1n) is 5.68. The fraction of sp³-hybridized carbons (Fsp3) is 0.167. The molecule has 0 spiro atoms. The molecule has 0 aliphatic heterocycles. The lowest BCUT2D eigenvalue weighted by Crippen LogP contribution is -2.10. The quantitative estimate of drug-likeness (QED) is 0.754. The van der Waals surface area contributed by atoms with E-state index in [0.29, 0.717) is 5.65 Å². The Labute approximate surface area is 104 Å². The van der Waals surface area contributed by atoms with Gasteiger partial charge in [-0.1, -0.05) is 30.3 Å². The maximum absolute atomic E-state index is 4.11. The van der Waals surface area contributed by atoms with Crippen LogP contribution in [0.3, 0.4) is 0 Å². The van der Waals surface area contributed by atoms with Gasteiger partial charge in [-0.25, -0.2) is 0 Å². The van der Waals surface area contributed by atoms with E-state index in [9.17, 15) is 0 Å². The van der Waals surface area contributed by atoms with E-state index >= 15 is 0 Å². The molecule has 0 bridgehead atoms. The number of nitrogens with one attached hydrogen (secondary N) is 1. The topological polar surface area (TPSA) is 68.0 Å². The molecule has 0 aliphatic rings. The molecule has 3 aromatic rings. The molecule has 1 unspecified atom stereocenters. The van der Waals surface area contributed by atoms with Crippen molar-refractivity contribution in [2.45, 2.75) is 13.0 Å². The van der Waals surface area contributed by atoms with Crippen LogP contribution in [-0.4, -0.2) is 25.0 Å². The third-order valence-electron chi connectivity index (χ3n) is 2.77. The van der Waals surface area contributed by atoms with Crippen molar-refractivity contribution in [3.8, 4) is 0 Å². The molecule has 1 N–H and O–H groups in total. The number of rotatable bonds is 3. The predicted molar refractivity (Wildman–Crippen MR) is 67.1 cm³/mol. The SMILES string of the molecule is CC(Nc1cncc2nnnn12)c1ccccc1. The van der Waals surface area contributed by atoms with Gasteiger partial charge in [0.25, 0.3) is 0 Å². The number of hydrogen-bond donors (Lipinski definition) is 1. The van der Waals surface area contributed by atoms with Crippen LogP contribution in [0.1, 0.15) is 18.5 Å². The minimum absolute atomic E-state index is 0.155. The van der Waals surface area contributed by atoms with Gasteiger partial charge >= 0.3 is 0 Å². The van der Waals surface area contributed by atoms with Crippen LogP contribution in [-0.2, 0) is 0 Å². The lowest BCUT2D eigenvalue weighted by molar-refractivity contribution is 0.796. The van der Waals surface area contributed by atoms with Crippen molar-refractivity contribution in [3.05, 3.63) is 48.3 Å². The van der Waals surface area contributed by atoms with E-state index in [1.807, 2.05) is 18.2 Å². The molecule has 2 heterocycles. The second-order valence-electron chi connectivity index (χ2n) is 4.02. The maximum atomic E-state index is 4.11. The Balaban J connectivity index is 1.91. The van der Waals surface area contributed by atoms with E-state index in [1.54, 1.807) is 16.9 Å². The molecule has 1 aromatic carbocycles. The summed E-state index contributed by atoms with van der Waals surface area (Å²) in [4.78, 5) is 4.11. The Hall–Kier alpha value is -2.50. The fourth-order valence-electron chi connectivity index (χ4n) is 1.82. The molecule has 6 nitrogen and oxygen atoms in total. The Morgan fingerprint density at radius 1 is 1.17 bits per heavy atom. The van der Waals surface area contributed by atoms with Crippen molar-refractivity contribution < 1.29 is 0 Å². The van der Waals surface area contributed by atoms with Gasteiger partial charge in [0, 0.05) is 6.04 Å². The number of fused-ring (bicyclic) bond motifs is 1. The summed E-state index contributed by atoms with van der Waals surface area (Å²) >= 11 is 0. The molecule has 0 amide bonds. The Kier molecular flexibility index (Phi) is 2.60. The summed E-state index contributed by atoms with van der Waals surface area (Å²) in [5.74, 6) is 0.772. The van der Waals surface area contributed by atoms with E-state index in [2.05, 4.69) is 44.9 Å². The van der Waals surface area contributed by atoms with Gasteiger partial charge in [-0.05, 0) is 22.9 Å². The summed E-state index contributed by atoms with van der Waals surface area (Å²) in [6.45, 7) is 2.08. The standard InChI is InChI=1S/C12H12N6/c1-9(10-5-3-2-4-6-10)14-11-7-13-8-12-15-16-17-18(11)12/h2-9,14H,1H3. The molecule has 18 heavy (non-hydrogen) atoms. The van der Waals surface area contributed by atoms with Crippen LogP contribution >= 0.6 is 0 Å². The Morgan fingerprint density at radius 3 is 2.83 bits per heavy atom. The molecule has 6 heteroatoms. The summed E-state index contributed by atoms with van der Waals surface area (Å²) in [6.07, 6.45) is 3.33. The summed E-state index contributed by atoms with van der Waals surface area (Å²) in [7, 11) is 0. The molecule has 0 radical (unpaired) electrons. The van der Waals surface area contributed by atoms with Gasteiger partial charge in [-0.15, -0.1) is 5.10 Å². The monoisotopic (exact) mass is 240 g/mol. The molecule has 2 aromatic heterocycles. The molecule has 0 fully saturated rings. The van der Waals surface area contributed by atoms with E-state index in [-0.39, 0.29) is 6.04 Å². The van der Waals surface area contributed by atoms with Gasteiger partial charge in [0.15, 0.2) is 11.5 Å². The van der Waals surface area contributed by atoms with E-state index < -0.39 is 0 Å². The highest BCUT2D eigenvalue weighted by Gasteiger charge is 2.08. The third kappa shape index (κ3) is 1.88. The van der Waals surface area contributed by atoms with Crippen LogP contribution in [0.25, 0.3) is 5.65 Å². The first-order valence-corrected chi connectivity index (χ1v) is 5.68. The zero-order valence-corrected chi connectivity index (χ0v) is 9.85. The highest BCUT2D eigenvalue weighted by molar-refractivity contribution is 5.45. The molecule has 0 saturated heterocycles. The largest absolute Gasteiger partial charge is 0.362 e. The summed E-state index contributed by atoms with van der Waals surface area (Å²) in [5.41, 5.74) is 1.82. The second kappa shape index (κ2) is 4.40. The number of hydrogen-bond acceptors (Lipinski definition) is 5. The molecular formula is C12H12N6. The van der Waals surface area contributed by atoms with Crippen LogP contribution in [0.5, 0.6) is 0 Å². The first-order chi connectivity index (χ1) is 8.84. The van der Waals surface area contributed by atoms with Crippen molar-refractivity contribution >= 4 is 11.5 Å². The number of nitrogens with zero attached hydrogens (tertiary/aromatic N) is 5. The number of anilines is 1. The molecule has 0 saturated carbocycles. The van der Waals surface area contributed by atoms with Crippen molar-refractivity contribution in [1.82, 2.24) is 25.0 Å². The molecule has 0 aliphatic carbocycles. The van der Waals surface area contributed by atoms with Gasteiger partial charge in [-0.2, -0.15) is 4.52 Å². The van der Waals surface area contributed by atoms with Crippen LogP contribution in [0.15, 0.2) is 42.7 Å². The Bertz CT molecular complexity index is 648. The minimum Gasteiger partial charge on any atom is -0.362 e. The fourth-order valence-corrected chi connectivity index (χ4v) is 1.82. The van der Waals surface area contributed by atoms with Crippen molar-refractivity contribution in [3.63, 3.8) is 0 Å². The normalized spacial score (nSPS) is 12.5. The van der Waals surface area contributed by atoms with Crippen molar-refractivity contribution in [2.24, 2.45) is 0 Å². The van der Waals surface area contributed by atoms with Gasteiger partial charge in [-0.3, -0.25) is 4.98 Å². The van der Waals surface area contributed by atoms with Crippen molar-refractivity contribution in [1.29, 1.82) is 0 Å². The number of aromatic nitrogens is 5. The van der Waals surface area contributed by atoms with Crippen LogP contribution in [0.2, 0.25) is 0 Å². The number of benzene rings is 1. The van der Waals surface area contributed by atoms with E-state index in [0.717, 1.165) is 5.82 Å². The zero-order valence-electron chi connectivity index (χ0n) is 9.85. The van der Waals surface area contributed by atoms with E-state index in [4.69, 9.17) is 0 Å². The Morgan fingerprint density at radius 2 is 2.00 bits per heavy atom. The van der Waals surface area contributed by atoms with Gasteiger partial charge < -0.3 is 5.32 Å². The molecule has 1 atom stereocenters. The molecule has 3 rings (SSSR count). The first kappa shape index (κ1) is 10.6. The summed E-state index contributed by atoms with van der Waals surface area (Å²) in [5, 5.41) is 14.7. The summed E-state index contributed by atoms with van der Waals surface area (Å²) in [6, 6.07) is 10.3. The zero-order chi connectivity index (χ0) is 12.4. The smallest absolute Gasteiger partial charge is 0.199 e. The average Bonchev–Trinajstić information content (AvgIpc) is 2.89. The maximum Gasteiger partial charge on any atom is 0.199 e. The minimum atomic E-state index is 0.155. The molecular weight excluding hydrogens is 228 g/mol. The lowest BCUT2D eigenvalue weighted by atomic mass is 10.1. The average molecular weight is 240 g/mol. The third-order valence-corrected chi connectivity index (χ3v) is 2.77. The highest BCUT2D eigenvalue weighted by Crippen LogP contribution is 2.17. The molecule has 90 valence electrons. The predicted octanol–water partition coefficient (Wildman–Crippen LogP) is 1.69. The van der Waals surface area contributed by atoms with Crippen LogP contribution in [0, 0.1) is 0 Å². The van der Waals surface area contributed by atoms with Gasteiger partial charge in [0.05, 0.1) is 12.4 Å². The lowest BCUT2D eigenvalue weighted by Gasteiger charge is -2.15. The van der Waals surface area contributed by atoms with Gasteiger partial charge in [0.2, 0.25) is 0 Å². The summed E-state index contributed by atoms with van der Waals surface area (Å²) < 4.78 is 1.63. The van der Waals surface area contributed by atoms with E-state index in [1.165, 1.54) is 5.56 Å². The van der Waals surface area contributed by atoms with Crippen LogP contribution < -0.4 is 5.32 Å². The van der Waals surface area contributed by atoms with Crippen molar-refractivity contribution in [2.75, 3.05) is 5.32 Å². The number of tetrazole rings is 1. The second-order valence-corrected chi connectivity index (χ2v) is 4.02. The van der Waals surface area contributed by atoms with Crippen LogP contribution in [0.4, 0.5) is 5.82 Å².